The summed E-state index contributed by atoms with van der Waals surface area (Å²) in [5.74, 6) is 0.0417. The molecule has 0 spiro atoms. The summed E-state index contributed by atoms with van der Waals surface area (Å²) in [5, 5.41) is 26.7. The van der Waals surface area contributed by atoms with Gasteiger partial charge in [0.15, 0.2) is 0 Å². The Morgan fingerprint density at radius 2 is 1.88 bits per heavy atom. The highest BCUT2D eigenvalue weighted by molar-refractivity contribution is 5.83. The van der Waals surface area contributed by atoms with E-state index >= 15 is 4.39 Å². The van der Waals surface area contributed by atoms with Gasteiger partial charge in [0.2, 0.25) is 0 Å². The molecule has 5 rings (SSSR count). The maximum atomic E-state index is 15.2. The highest BCUT2D eigenvalue weighted by Gasteiger charge is 2.26. The molecule has 0 unspecified atom stereocenters. The standard InChI is InChI=1S/C25H22FN7/c26-23-12-19(6-7-21(23)20-14-30-32(16-20)10-1-8-27)22-15-31-33-11-9-29-24(25(22)33)18-4-2-17(13-28)3-5-18/h6-7,9,11-12,14-18H,1-5,10H2/t17-,18+. The first kappa shape index (κ1) is 20.8. The highest BCUT2D eigenvalue weighted by Crippen LogP contribution is 2.39. The molecule has 0 saturated heterocycles. The fraction of sp³-hybridized carbons (Fsp3) is 0.320. The first-order valence-corrected chi connectivity index (χ1v) is 11.1. The predicted molar refractivity (Wildman–Crippen MR) is 120 cm³/mol. The van der Waals surface area contributed by atoms with E-state index in [4.69, 9.17) is 5.26 Å². The first-order chi connectivity index (χ1) is 16.2. The van der Waals surface area contributed by atoms with Gasteiger partial charge in [0.05, 0.1) is 48.7 Å². The van der Waals surface area contributed by atoms with Crippen LogP contribution in [-0.2, 0) is 6.54 Å². The van der Waals surface area contributed by atoms with Gasteiger partial charge in [-0.1, -0.05) is 12.1 Å². The van der Waals surface area contributed by atoms with Crippen molar-refractivity contribution in [2.75, 3.05) is 0 Å². The van der Waals surface area contributed by atoms with Crippen LogP contribution in [0.25, 0.3) is 27.8 Å². The van der Waals surface area contributed by atoms with Crippen molar-refractivity contribution in [3.8, 4) is 34.4 Å². The average molecular weight is 439 g/mol. The lowest BCUT2D eigenvalue weighted by molar-refractivity contribution is 0.378. The SMILES string of the molecule is N#CCCn1cc(-c2ccc(-c3cnn4ccnc([C@H]5CC[C@@H](C#N)CC5)c34)cc2F)cn1. The van der Waals surface area contributed by atoms with Gasteiger partial charge >= 0.3 is 0 Å². The van der Waals surface area contributed by atoms with Crippen LogP contribution in [0.3, 0.4) is 0 Å². The van der Waals surface area contributed by atoms with E-state index in [9.17, 15) is 5.26 Å². The number of hydrogen-bond donors (Lipinski definition) is 0. The van der Waals surface area contributed by atoms with Gasteiger partial charge in [0.25, 0.3) is 0 Å². The molecule has 0 N–H and O–H groups in total. The Morgan fingerprint density at radius 1 is 1.03 bits per heavy atom. The zero-order valence-electron chi connectivity index (χ0n) is 18.0. The van der Waals surface area contributed by atoms with Gasteiger partial charge in [-0.05, 0) is 37.3 Å². The van der Waals surface area contributed by atoms with E-state index in [1.807, 2.05) is 12.3 Å². The minimum Gasteiger partial charge on any atom is -0.271 e. The van der Waals surface area contributed by atoms with Crippen LogP contribution in [0.1, 0.15) is 43.7 Å². The van der Waals surface area contributed by atoms with E-state index in [0.29, 0.717) is 24.1 Å². The molecule has 1 aliphatic rings. The summed E-state index contributed by atoms with van der Waals surface area (Å²) in [6, 6.07) is 9.65. The Labute approximate surface area is 190 Å². The van der Waals surface area contributed by atoms with Crippen molar-refractivity contribution in [3.63, 3.8) is 0 Å². The van der Waals surface area contributed by atoms with Crippen molar-refractivity contribution in [1.29, 1.82) is 10.5 Å². The Hall–Kier alpha value is -4.04. The van der Waals surface area contributed by atoms with Crippen molar-refractivity contribution in [3.05, 3.63) is 60.7 Å². The summed E-state index contributed by atoms with van der Waals surface area (Å²) < 4.78 is 18.6. The number of fused-ring (bicyclic) bond motifs is 1. The van der Waals surface area contributed by atoms with E-state index in [-0.39, 0.29) is 17.7 Å². The number of nitrogens with zero attached hydrogens (tertiary/aromatic N) is 7. The van der Waals surface area contributed by atoms with Crippen LogP contribution in [0.5, 0.6) is 0 Å². The molecule has 0 aliphatic heterocycles. The molecule has 3 aromatic heterocycles. The van der Waals surface area contributed by atoms with Crippen molar-refractivity contribution >= 4 is 5.52 Å². The molecule has 1 aliphatic carbocycles. The maximum absolute atomic E-state index is 15.2. The number of halogens is 1. The fourth-order valence-electron chi connectivity index (χ4n) is 4.68. The molecule has 8 heteroatoms. The van der Waals surface area contributed by atoms with Crippen LogP contribution in [0.15, 0.2) is 49.2 Å². The molecule has 4 aromatic rings. The van der Waals surface area contributed by atoms with Crippen molar-refractivity contribution in [1.82, 2.24) is 24.4 Å². The second-order valence-corrected chi connectivity index (χ2v) is 8.44. The van der Waals surface area contributed by atoms with Crippen LogP contribution < -0.4 is 0 Å². The van der Waals surface area contributed by atoms with Crippen LogP contribution in [-0.4, -0.2) is 24.4 Å². The molecule has 1 fully saturated rings. The first-order valence-electron chi connectivity index (χ1n) is 11.1. The second-order valence-electron chi connectivity index (χ2n) is 8.44. The van der Waals surface area contributed by atoms with Gasteiger partial charge in [-0.2, -0.15) is 20.7 Å². The molecular weight excluding hydrogens is 417 g/mol. The minimum atomic E-state index is -0.341. The third kappa shape index (κ3) is 3.96. The van der Waals surface area contributed by atoms with Crippen LogP contribution in [0.2, 0.25) is 0 Å². The molecule has 0 bridgehead atoms. The zero-order valence-corrected chi connectivity index (χ0v) is 18.0. The topological polar surface area (TPSA) is 95.6 Å². The van der Waals surface area contributed by atoms with E-state index < -0.39 is 0 Å². The minimum absolute atomic E-state index is 0.122. The summed E-state index contributed by atoms with van der Waals surface area (Å²) in [6.45, 7) is 0.477. The Balaban J connectivity index is 1.49. The van der Waals surface area contributed by atoms with Gasteiger partial charge in [-0.15, -0.1) is 0 Å². The van der Waals surface area contributed by atoms with E-state index in [1.165, 1.54) is 6.07 Å². The molecule has 1 saturated carbocycles. The lowest BCUT2D eigenvalue weighted by atomic mass is 9.80. The van der Waals surface area contributed by atoms with Crippen molar-refractivity contribution in [2.45, 2.75) is 44.6 Å². The summed E-state index contributed by atoms with van der Waals surface area (Å²) in [5.41, 5.74) is 4.58. The van der Waals surface area contributed by atoms with Gasteiger partial charge in [0, 0.05) is 47.1 Å². The summed E-state index contributed by atoms with van der Waals surface area (Å²) in [7, 11) is 0. The van der Waals surface area contributed by atoms with Crippen LogP contribution in [0, 0.1) is 34.4 Å². The number of aromatic nitrogens is 5. The molecule has 3 heterocycles. The summed E-state index contributed by atoms with van der Waals surface area (Å²) >= 11 is 0. The summed E-state index contributed by atoms with van der Waals surface area (Å²) in [4.78, 5) is 4.68. The molecule has 33 heavy (non-hydrogen) atoms. The maximum Gasteiger partial charge on any atom is 0.131 e. The predicted octanol–water partition coefficient (Wildman–Crippen LogP) is 5.11. The normalized spacial score (nSPS) is 18.2. The number of aryl methyl sites for hydroxylation is 1. The molecule has 0 amide bonds. The third-order valence-electron chi connectivity index (χ3n) is 6.43. The number of hydrogen-bond acceptors (Lipinski definition) is 5. The highest BCUT2D eigenvalue weighted by atomic mass is 19.1. The third-order valence-corrected chi connectivity index (χ3v) is 6.43. The molecule has 0 atom stereocenters. The van der Waals surface area contributed by atoms with E-state index in [1.54, 1.807) is 40.1 Å². The molecule has 0 radical (unpaired) electrons. The quantitative estimate of drug-likeness (QED) is 0.431. The monoisotopic (exact) mass is 439 g/mol. The van der Waals surface area contributed by atoms with Crippen molar-refractivity contribution < 1.29 is 4.39 Å². The van der Waals surface area contributed by atoms with Crippen LogP contribution >= 0.6 is 0 Å². The van der Waals surface area contributed by atoms with Crippen LogP contribution in [0.4, 0.5) is 4.39 Å². The smallest absolute Gasteiger partial charge is 0.131 e. The molecule has 1 aromatic carbocycles. The van der Waals surface area contributed by atoms with E-state index in [2.05, 4.69) is 27.3 Å². The van der Waals surface area contributed by atoms with Gasteiger partial charge in [0.1, 0.15) is 5.82 Å². The van der Waals surface area contributed by atoms with Crippen molar-refractivity contribution in [2.24, 2.45) is 5.92 Å². The lowest BCUT2D eigenvalue weighted by Gasteiger charge is -2.25. The fourth-order valence-corrected chi connectivity index (χ4v) is 4.68. The largest absolute Gasteiger partial charge is 0.271 e. The number of benzene rings is 1. The Kier molecular flexibility index (Phi) is 5.58. The number of nitriles is 2. The lowest BCUT2D eigenvalue weighted by Crippen LogP contribution is -2.14. The molecule has 7 nitrogen and oxygen atoms in total. The average Bonchev–Trinajstić information content (AvgIpc) is 3.50. The van der Waals surface area contributed by atoms with Gasteiger partial charge < -0.3 is 0 Å². The second kappa shape index (κ2) is 8.84. The number of rotatable bonds is 5. The van der Waals surface area contributed by atoms with Gasteiger partial charge in [-0.25, -0.2) is 8.91 Å². The van der Waals surface area contributed by atoms with Gasteiger partial charge in [-0.3, -0.25) is 9.67 Å². The summed E-state index contributed by atoms with van der Waals surface area (Å²) in [6.07, 6.45) is 12.6. The Bertz CT molecular complexity index is 1380. The van der Waals surface area contributed by atoms with E-state index in [0.717, 1.165) is 48.0 Å². The molecular formula is C25H22FN7. The Morgan fingerprint density at radius 3 is 2.64 bits per heavy atom. The zero-order chi connectivity index (χ0) is 22.8. The molecule has 164 valence electrons.